The van der Waals surface area contributed by atoms with Gasteiger partial charge in [-0.25, -0.2) is 9.18 Å². The standard InChI is InChI=1S/C19H27FN6O5/c1-2-3-4-5-6-7-13(27)30-11-18(10-23-25-22)16(28)19(20)14(15(19)31-18)26-9-8-12(21)24-17(26)29/h8-9,14-16,28H,2-7,10-11H2,1H3,(H2,21,24,29)/t14?,15-,16+,18+,19-/m0/s1. The molecule has 1 saturated heterocycles. The number of aliphatic hydroxyl groups excluding tert-OH is 1. The molecule has 1 saturated carbocycles. The molecule has 2 heterocycles. The van der Waals surface area contributed by atoms with E-state index in [4.69, 9.17) is 20.7 Å². The first-order valence-corrected chi connectivity index (χ1v) is 10.4. The van der Waals surface area contributed by atoms with Crippen LogP contribution in [0, 0.1) is 0 Å². The Balaban J connectivity index is 1.66. The fourth-order valence-electron chi connectivity index (χ4n) is 4.10. The molecule has 0 radical (unpaired) electrons. The molecule has 1 unspecified atom stereocenters. The maximum Gasteiger partial charge on any atom is 0.349 e. The van der Waals surface area contributed by atoms with Crippen molar-refractivity contribution in [2.75, 3.05) is 18.9 Å². The number of ether oxygens (including phenoxy) is 2. The first-order valence-electron chi connectivity index (χ1n) is 10.4. The number of carbonyl (C=O) groups is 1. The number of esters is 1. The molecular weight excluding hydrogens is 411 g/mol. The van der Waals surface area contributed by atoms with E-state index in [1.165, 1.54) is 12.3 Å². The number of fused-ring (bicyclic) bond motifs is 1. The van der Waals surface area contributed by atoms with Crippen LogP contribution in [0.3, 0.4) is 0 Å². The Bertz CT molecular complexity index is 921. The number of unbranched alkanes of at least 4 members (excludes halogenated alkanes) is 4. The minimum Gasteiger partial charge on any atom is -0.462 e. The molecule has 1 aliphatic heterocycles. The zero-order valence-electron chi connectivity index (χ0n) is 17.3. The first-order chi connectivity index (χ1) is 14.8. The quantitative estimate of drug-likeness (QED) is 0.175. The number of rotatable bonds is 11. The van der Waals surface area contributed by atoms with Gasteiger partial charge < -0.3 is 20.3 Å². The van der Waals surface area contributed by atoms with Crippen molar-refractivity contribution in [3.63, 3.8) is 0 Å². The van der Waals surface area contributed by atoms with Crippen molar-refractivity contribution in [1.82, 2.24) is 9.55 Å². The number of carbonyl (C=O) groups excluding carboxylic acids is 1. The number of nitrogen functional groups attached to an aromatic ring is 1. The molecule has 11 nitrogen and oxygen atoms in total. The van der Waals surface area contributed by atoms with E-state index in [0.717, 1.165) is 30.3 Å². The summed E-state index contributed by atoms with van der Waals surface area (Å²) in [6.45, 7) is 1.19. The van der Waals surface area contributed by atoms with Crippen LogP contribution in [0.2, 0.25) is 0 Å². The van der Waals surface area contributed by atoms with Crippen LogP contribution < -0.4 is 11.4 Å². The van der Waals surface area contributed by atoms with Gasteiger partial charge in [0.05, 0.1) is 6.54 Å². The number of nitrogens with zero attached hydrogens (tertiary/aromatic N) is 5. The van der Waals surface area contributed by atoms with Crippen molar-refractivity contribution in [2.24, 2.45) is 5.11 Å². The van der Waals surface area contributed by atoms with Gasteiger partial charge in [0.2, 0.25) is 0 Å². The highest BCUT2D eigenvalue weighted by atomic mass is 19.1. The Labute approximate surface area is 178 Å². The second-order valence-electron chi connectivity index (χ2n) is 8.03. The third-order valence-corrected chi connectivity index (χ3v) is 5.86. The molecule has 12 heteroatoms. The summed E-state index contributed by atoms with van der Waals surface area (Å²) in [6, 6.07) is 0.220. The third-order valence-electron chi connectivity index (χ3n) is 5.86. The van der Waals surface area contributed by atoms with Gasteiger partial charge in [-0.2, -0.15) is 4.98 Å². The molecule has 170 valence electrons. The van der Waals surface area contributed by atoms with Crippen LogP contribution in [0.5, 0.6) is 0 Å². The Hall–Kier alpha value is -2.69. The summed E-state index contributed by atoms with van der Waals surface area (Å²) in [6.07, 6.45) is 3.26. The summed E-state index contributed by atoms with van der Waals surface area (Å²) in [5.41, 5.74) is 9.31. The van der Waals surface area contributed by atoms with Gasteiger partial charge in [0.1, 0.15) is 36.3 Å². The van der Waals surface area contributed by atoms with Crippen molar-refractivity contribution < 1.29 is 23.8 Å². The second-order valence-corrected chi connectivity index (χ2v) is 8.03. The lowest BCUT2D eigenvalue weighted by molar-refractivity contribution is -0.165. The van der Waals surface area contributed by atoms with Crippen LogP contribution >= 0.6 is 0 Å². The first kappa shape index (κ1) is 23.0. The molecule has 3 N–H and O–H groups in total. The molecule has 3 rings (SSSR count). The van der Waals surface area contributed by atoms with Crippen molar-refractivity contribution in [2.45, 2.75) is 75.0 Å². The van der Waals surface area contributed by atoms with Gasteiger partial charge in [-0.15, -0.1) is 0 Å². The van der Waals surface area contributed by atoms with Crippen molar-refractivity contribution in [1.29, 1.82) is 0 Å². The number of aliphatic hydroxyl groups is 1. The largest absolute Gasteiger partial charge is 0.462 e. The van der Waals surface area contributed by atoms with Gasteiger partial charge in [-0.1, -0.05) is 37.7 Å². The summed E-state index contributed by atoms with van der Waals surface area (Å²) in [7, 11) is 0. The van der Waals surface area contributed by atoms with Crippen LogP contribution in [0.25, 0.3) is 10.4 Å². The normalized spacial score (nSPS) is 31.0. The Morgan fingerprint density at radius 1 is 1.48 bits per heavy atom. The summed E-state index contributed by atoms with van der Waals surface area (Å²) in [5, 5.41) is 14.2. The molecule has 1 aliphatic carbocycles. The maximum absolute atomic E-state index is 15.6. The van der Waals surface area contributed by atoms with E-state index in [-0.39, 0.29) is 12.2 Å². The Morgan fingerprint density at radius 2 is 2.23 bits per heavy atom. The highest BCUT2D eigenvalue weighted by Gasteiger charge is 2.83. The fraction of sp³-hybridized carbons (Fsp3) is 0.737. The molecule has 0 aromatic carbocycles. The van der Waals surface area contributed by atoms with Crippen LogP contribution in [-0.4, -0.2) is 57.3 Å². The lowest BCUT2D eigenvalue weighted by Gasteiger charge is -2.33. The number of hydrogen-bond acceptors (Lipinski definition) is 8. The molecule has 2 aliphatic rings. The topological polar surface area (TPSA) is 165 Å². The van der Waals surface area contributed by atoms with Crippen LogP contribution in [0.15, 0.2) is 22.2 Å². The van der Waals surface area contributed by atoms with Crippen LogP contribution in [-0.2, 0) is 14.3 Å². The number of halogens is 1. The second kappa shape index (κ2) is 9.21. The van der Waals surface area contributed by atoms with Gasteiger partial charge >= 0.3 is 11.7 Å². The lowest BCUT2D eigenvalue weighted by atomic mass is 9.93. The molecule has 2 fully saturated rings. The van der Waals surface area contributed by atoms with E-state index in [2.05, 4.69) is 21.9 Å². The van der Waals surface area contributed by atoms with Crippen molar-refractivity contribution in [3.05, 3.63) is 33.2 Å². The molecule has 0 spiro atoms. The Kier molecular flexibility index (Phi) is 6.83. The lowest BCUT2D eigenvalue weighted by Crippen LogP contribution is -2.53. The van der Waals surface area contributed by atoms with Crippen molar-refractivity contribution >= 4 is 11.8 Å². The van der Waals surface area contributed by atoms with E-state index in [0.29, 0.717) is 6.42 Å². The summed E-state index contributed by atoms with van der Waals surface area (Å²) in [4.78, 5) is 30.3. The minimum absolute atomic E-state index is 0.0132. The van der Waals surface area contributed by atoms with Gasteiger partial charge in [-0.3, -0.25) is 9.36 Å². The van der Waals surface area contributed by atoms with Crippen molar-refractivity contribution in [3.8, 4) is 0 Å². The van der Waals surface area contributed by atoms with E-state index in [9.17, 15) is 14.7 Å². The Morgan fingerprint density at radius 3 is 2.84 bits per heavy atom. The molecule has 0 bridgehead atoms. The van der Waals surface area contributed by atoms with E-state index >= 15 is 4.39 Å². The zero-order chi connectivity index (χ0) is 22.6. The molecule has 0 amide bonds. The van der Waals surface area contributed by atoms with Gasteiger partial charge in [0.25, 0.3) is 0 Å². The van der Waals surface area contributed by atoms with E-state index in [1.54, 1.807) is 0 Å². The predicted octanol–water partition coefficient (Wildman–Crippen LogP) is 1.80. The average molecular weight is 438 g/mol. The summed E-state index contributed by atoms with van der Waals surface area (Å²) in [5.74, 6) is -0.516. The molecule has 31 heavy (non-hydrogen) atoms. The van der Waals surface area contributed by atoms with Crippen LogP contribution in [0.1, 0.15) is 51.5 Å². The number of azide groups is 1. The zero-order valence-corrected chi connectivity index (χ0v) is 17.3. The van der Waals surface area contributed by atoms with Gasteiger partial charge in [-0.05, 0) is 18.0 Å². The molecule has 1 aromatic rings. The molecular formula is C19H27FN6O5. The monoisotopic (exact) mass is 438 g/mol. The predicted molar refractivity (Wildman–Crippen MR) is 108 cm³/mol. The molecule has 1 aromatic heterocycles. The van der Waals surface area contributed by atoms with E-state index in [1.807, 2.05) is 0 Å². The SMILES string of the molecule is CCCCCCCC(=O)OC[C@@]1(CN=[N+]=[N-])O[C@H]2C(n3ccc(N)nc3=O)[C@@]2(F)[C@@H]1O. The average Bonchev–Trinajstić information content (AvgIpc) is 3.25. The van der Waals surface area contributed by atoms with E-state index < -0.39 is 54.3 Å². The number of hydrogen-bond donors (Lipinski definition) is 2. The smallest absolute Gasteiger partial charge is 0.349 e. The molecule has 5 atom stereocenters. The highest BCUT2D eigenvalue weighted by Crippen LogP contribution is 2.64. The number of anilines is 1. The highest BCUT2D eigenvalue weighted by molar-refractivity contribution is 5.69. The number of aromatic nitrogens is 2. The number of alkyl halides is 1. The summed E-state index contributed by atoms with van der Waals surface area (Å²) >= 11 is 0. The number of nitrogens with two attached hydrogens (primary N) is 1. The third kappa shape index (κ3) is 4.36. The fourth-order valence-corrected chi connectivity index (χ4v) is 4.10. The van der Waals surface area contributed by atoms with Crippen LogP contribution in [0.4, 0.5) is 10.2 Å². The maximum atomic E-state index is 15.6. The minimum atomic E-state index is -2.32. The summed E-state index contributed by atoms with van der Waals surface area (Å²) < 4.78 is 27.6. The van der Waals surface area contributed by atoms with Gasteiger partial charge in [0, 0.05) is 17.5 Å². The van der Waals surface area contributed by atoms with Gasteiger partial charge in [0.15, 0.2) is 5.67 Å².